The van der Waals surface area contributed by atoms with Crippen molar-refractivity contribution >= 4 is 29.2 Å². The number of methoxy groups -OCH3 is 1. The van der Waals surface area contributed by atoms with Gasteiger partial charge in [-0.1, -0.05) is 23.7 Å². The van der Waals surface area contributed by atoms with Crippen LogP contribution in [0.5, 0.6) is 5.75 Å². The van der Waals surface area contributed by atoms with Crippen molar-refractivity contribution in [2.75, 3.05) is 25.5 Å². The number of piperidine rings is 1. The monoisotopic (exact) mass is 401 g/mol. The molecule has 1 aromatic carbocycles. The SMILES string of the molecule is COc1ccc(CCC(=O)N2CCC(C(=O)Nc3ccccn3)CC2)cc1Cl. The summed E-state index contributed by atoms with van der Waals surface area (Å²) in [6, 6.07) is 11.0. The largest absolute Gasteiger partial charge is 0.495 e. The van der Waals surface area contributed by atoms with Crippen molar-refractivity contribution in [3.05, 3.63) is 53.2 Å². The van der Waals surface area contributed by atoms with E-state index < -0.39 is 0 Å². The molecule has 2 aromatic rings. The highest BCUT2D eigenvalue weighted by molar-refractivity contribution is 6.32. The number of halogens is 1. The highest BCUT2D eigenvalue weighted by atomic mass is 35.5. The first-order chi connectivity index (χ1) is 13.6. The third-order valence-corrected chi connectivity index (χ3v) is 5.27. The van der Waals surface area contributed by atoms with Crippen LogP contribution in [0.2, 0.25) is 5.02 Å². The van der Waals surface area contributed by atoms with E-state index in [9.17, 15) is 9.59 Å². The number of hydrogen-bond acceptors (Lipinski definition) is 4. The Morgan fingerprint density at radius 3 is 2.68 bits per heavy atom. The van der Waals surface area contributed by atoms with Gasteiger partial charge in [0.1, 0.15) is 11.6 Å². The van der Waals surface area contributed by atoms with Crippen LogP contribution in [0.3, 0.4) is 0 Å². The average molecular weight is 402 g/mol. The zero-order valence-corrected chi connectivity index (χ0v) is 16.6. The van der Waals surface area contributed by atoms with Gasteiger partial charge in [-0.2, -0.15) is 0 Å². The number of anilines is 1. The van der Waals surface area contributed by atoms with Crippen LogP contribution in [-0.2, 0) is 16.0 Å². The number of aromatic nitrogens is 1. The van der Waals surface area contributed by atoms with Crippen LogP contribution in [0.4, 0.5) is 5.82 Å². The summed E-state index contributed by atoms with van der Waals surface area (Å²) in [5, 5.41) is 3.39. The Balaban J connectivity index is 1.44. The maximum Gasteiger partial charge on any atom is 0.228 e. The minimum Gasteiger partial charge on any atom is -0.495 e. The Kier molecular flexibility index (Phi) is 6.87. The van der Waals surface area contributed by atoms with Crippen molar-refractivity contribution in [1.82, 2.24) is 9.88 Å². The van der Waals surface area contributed by atoms with Crippen molar-refractivity contribution in [3.63, 3.8) is 0 Å². The molecule has 1 aliphatic rings. The number of hydrogen-bond donors (Lipinski definition) is 1. The van der Waals surface area contributed by atoms with E-state index in [0.29, 0.717) is 55.4 Å². The first kappa shape index (κ1) is 20.1. The zero-order chi connectivity index (χ0) is 19.9. The maximum atomic E-state index is 12.5. The van der Waals surface area contributed by atoms with E-state index in [-0.39, 0.29) is 17.7 Å². The van der Waals surface area contributed by atoms with Gasteiger partial charge in [0.25, 0.3) is 0 Å². The molecule has 7 heteroatoms. The summed E-state index contributed by atoms with van der Waals surface area (Å²) in [7, 11) is 1.57. The van der Waals surface area contributed by atoms with Gasteiger partial charge < -0.3 is 15.0 Å². The molecule has 148 valence electrons. The van der Waals surface area contributed by atoms with Crippen LogP contribution in [-0.4, -0.2) is 41.9 Å². The zero-order valence-electron chi connectivity index (χ0n) is 15.9. The Hall–Kier alpha value is -2.60. The molecule has 0 spiro atoms. The summed E-state index contributed by atoms with van der Waals surface area (Å²) in [4.78, 5) is 30.8. The molecule has 0 aliphatic carbocycles. The third-order valence-electron chi connectivity index (χ3n) is 4.98. The number of likely N-dealkylation sites (tertiary alicyclic amines) is 1. The van der Waals surface area contributed by atoms with Gasteiger partial charge in [0.05, 0.1) is 12.1 Å². The highest BCUT2D eigenvalue weighted by Crippen LogP contribution is 2.26. The molecule has 28 heavy (non-hydrogen) atoms. The first-order valence-electron chi connectivity index (χ1n) is 9.39. The average Bonchev–Trinajstić information content (AvgIpc) is 2.73. The lowest BCUT2D eigenvalue weighted by Crippen LogP contribution is -2.41. The quantitative estimate of drug-likeness (QED) is 0.803. The molecule has 1 fully saturated rings. The van der Waals surface area contributed by atoms with E-state index in [1.54, 1.807) is 25.4 Å². The maximum absolute atomic E-state index is 12.5. The topological polar surface area (TPSA) is 71.5 Å². The molecule has 0 unspecified atom stereocenters. The summed E-state index contributed by atoms with van der Waals surface area (Å²) in [5.74, 6) is 1.17. The normalized spacial score (nSPS) is 14.6. The Morgan fingerprint density at radius 1 is 1.25 bits per heavy atom. The molecule has 0 radical (unpaired) electrons. The van der Waals surface area contributed by atoms with E-state index in [1.807, 2.05) is 29.2 Å². The van der Waals surface area contributed by atoms with Gasteiger partial charge in [-0.25, -0.2) is 4.98 Å². The minimum absolute atomic E-state index is 0.0290. The van der Waals surface area contributed by atoms with E-state index in [0.717, 1.165) is 5.56 Å². The number of benzene rings is 1. The lowest BCUT2D eigenvalue weighted by Gasteiger charge is -2.31. The van der Waals surface area contributed by atoms with E-state index in [4.69, 9.17) is 16.3 Å². The fourth-order valence-corrected chi connectivity index (χ4v) is 3.61. The lowest BCUT2D eigenvalue weighted by atomic mass is 9.95. The van der Waals surface area contributed by atoms with Crippen LogP contribution in [0.15, 0.2) is 42.6 Å². The number of rotatable bonds is 6. The van der Waals surface area contributed by atoms with Gasteiger partial charge in [0.2, 0.25) is 11.8 Å². The molecular weight excluding hydrogens is 378 g/mol. The van der Waals surface area contributed by atoms with Gasteiger partial charge >= 0.3 is 0 Å². The van der Waals surface area contributed by atoms with Crippen molar-refractivity contribution < 1.29 is 14.3 Å². The number of aryl methyl sites for hydroxylation is 1. The molecule has 1 aliphatic heterocycles. The Bertz CT molecular complexity index is 821. The number of amides is 2. The third kappa shape index (κ3) is 5.23. The first-order valence-corrected chi connectivity index (χ1v) is 9.76. The van der Waals surface area contributed by atoms with Crippen LogP contribution in [0.1, 0.15) is 24.8 Å². The number of pyridine rings is 1. The summed E-state index contributed by atoms with van der Waals surface area (Å²) >= 11 is 6.13. The summed E-state index contributed by atoms with van der Waals surface area (Å²) in [6.07, 6.45) is 4.03. The summed E-state index contributed by atoms with van der Waals surface area (Å²) in [5.41, 5.74) is 1.00. The second kappa shape index (κ2) is 9.55. The predicted octanol–water partition coefficient (Wildman–Crippen LogP) is 3.55. The van der Waals surface area contributed by atoms with Crippen LogP contribution < -0.4 is 10.1 Å². The second-order valence-electron chi connectivity index (χ2n) is 6.83. The molecule has 6 nitrogen and oxygen atoms in total. The van der Waals surface area contributed by atoms with Gasteiger partial charge in [-0.05, 0) is 49.1 Å². The molecular formula is C21H24ClN3O3. The van der Waals surface area contributed by atoms with Crippen LogP contribution >= 0.6 is 11.6 Å². The second-order valence-corrected chi connectivity index (χ2v) is 7.24. The number of carbonyl (C=O) groups excluding carboxylic acids is 2. The highest BCUT2D eigenvalue weighted by Gasteiger charge is 2.27. The fraction of sp³-hybridized carbons (Fsp3) is 0.381. The van der Waals surface area contributed by atoms with E-state index in [1.165, 1.54) is 0 Å². The molecule has 1 N–H and O–H groups in total. The molecule has 0 saturated carbocycles. The molecule has 3 rings (SSSR count). The van der Waals surface area contributed by atoms with Gasteiger partial charge in [-0.15, -0.1) is 0 Å². The minimum atomic E-state index is -0.0912. The van der Waals surface area contributed by atoms with Gasteiger partial charge in [-0.3, -0.25) is 9.59 Å². The standard InChI is InChI=1S/C21H24ClN3O3/c1-28-18-7-5-15(14-17(18)22)6-8-20(26)25-12-9-16(10-13-25)21(27)24-19-4-2-3-11-23-19/h2-5,7,11,14,16H,6,8-10,12-13H2,1H3,(H,23,24,27). The van der Waals surface area contributed by atoms with Gasteiger partial charge in [0.15, 0.2) is 0 Å². The van der Waals surface area contributed by atoms with Crippen molar-refractivity contribution in [2.24, 2.45) is 5.92 Å². The van der Waals surface area contributed by atoms with Crippen molar-refractivity contribution in [3.8, 4) is 5.75 Å². The predicted molar refractivity (Wildman–Crippen MR) is 108 cm³/mol. The van der Waals surface area contributed by atoms with Crippen molar-refractivity contribution in [2.45, 2.75) is 25.7 Å². The van der Waals surface area contributed by atoms with E-state index >= 15 is 0 Å². The lowest BCUT2D eigenvalue weighted by molar-refractivity contribution is -0.134. The number of nitrogens with zero attached hydrogens (tertiary/aromatic N) is 2. The fourth-order valence-electron chi connectivity index (χ4n) is 3.33. The van der Waals surface area contributed by atoms with E-state index in [2.05, 4.69) is 10.3 Å². The van der Waals surface area contributed by atoms with Gasteiger partial charge in [0, 0.05) is 31.6 Å². The summed E-state index contributed by atoms with van der Waals surface area (Å²) in [6.45, 7) is 1.20. The smallest absolute Gasteiger partial charge is 0.228 e. The van der Waals surface area contributed by atoms with Crippen LogP contribution in [0.25, 0.3) is 0 Å². The molecule has 0 bridgehead atoms. The molecule has 2 heterocycles. The van der Waals surface area contributed by atoms with Crippen molar-refractivity contribution in [1.29, 1.82) is 0 Å². The van der Waals surface area contributed by atoms with Crippen LogP contribution in [0, 0.1) is 5.92 Å². The summed E-state index contributed by atoms with van der Waals surface area (Å²) < 4.78 is 5.14. The molecule has 1 aromatic heterocycles. The molecule has 0 atom stereocenters. The Morgan fingerprint density at radius 2 is 2.04 bits per heavy atom. The number of nitrogens with one attached hydrogen (secondary N) is 1. The number of carbonyl (C=O) groups is 2. The molecule has 1 saturated heterocycles. The number of ether oxygens (including phenoxy) is 1. The Labute approximate surface area is 169 Å². The molecule has 2 amide bonds.